The number of carbonyl (C=O) groups is 1. The molecule has 0 aromatic heterocycles. The molecule has 0 bridgehead atoms. The van der Waals surface area contributed by atoms with Crippen LogP contribution in [0.15, 0.2) is 17.0 Å². The van der Waals surface area contributed by atoms with Crippen molar-refractivity contribution in [1.29, 1.82) is 0 Å². The van der Waals surface area contributed by atoms with Gasteiger partial charge in [0.1, 0.15) is 11.9 Å². The van der Waals surface area contributed by atoms with Crippen molar-refractivity contribution in [2.75, 3.05) is 32.8 Å². The number of ether oxygens (including phenoxy) is 1. The molecule has 2 fully saturated rings. The summed E-state index contributed by atoms with van der Waals surface area (Å²) in [6.07, 6.45) is 2.04. The molecule has 2 saturated heterocycles. The van der Waals surface area contributed by atoms with E-state index in [2.05, 4.69) is 0 Å². The number of piperidine rings is 1. The van der Waals surface area contributed by atoms with E-state index in [0.717, 1.165) is 6.42 Å². The minimum absolute atomic E-state index is 0.0515. The fourth-order valence-electron chi connectivity index (χ4n) is 3.62. The Balaban J connectivity index is 1.92. The molecule has 0 spiro atoms. The van der Waals surface area contributed by atoms with Crippen molar-refractivity contribution in [3.63, 3.8) is 0 Å². The van der Waals surface area contributed by atoms with Crippen LogP contribution in [0.4, 0.5) is 4.39 Å². The zero-order valence-electron chi connectivity index (χ0n) is 15.2. The van der Waals surface area contributed by atoms with Crippen LogP contribution in [-0.4, -0.2) is 62.4 Å². The number of sulfonamides is 1. The fraction of sp³-hybridized carbons (Fsp3) is 0.611. The van der Waals surface area contributed by atoms with E-state index in [-0.39, 0.29) is 21.9 Å². The van der Waals surface area contributed by atoms with Gasteiger partial charge >= 0.3 is 0 Å². The summed E-state index contributed by atoms with van der Waals surface area (Å²) in [4.78, 5) is 14.7. The molecule has 26 heavy (non-hydrogen) atoms. The zero-order valence-corrected chi connectivity index (χ0v) is 16.0. The lowest BCUT2D eigenvalue weighted by Crippen LogP contribution is -2.55. The molecule has 2 heterocycles. The molecular formula is C18H25FN2O4S. The van der Waals surface area contributed by atoms with Gasteiger partial charge in [0.05, 0.1) is 18.1 Å². The van der Waals surface area contributed by atoms with Gasteiger partial charge in [0.15, 0.2) is 0 Å². The highest BCUT2D eigenvalue weighted by Gasteiger charge is 2.40. The molecule has 0 saturated carbocycles. The number of nitrogens with zero attached hydrogens (tertiary/aromatic N) is 2. The molecule has 8 heteroatoms. The summed E-state index contributed by atoms with van der Waals surface area (Å²) >= 11 is 0. The Morgan fingerprint density at radius 1 is 1.12 bits per heavy atom. The van der Waals surface area contributed by atoms with Crippen LogP contribution in [0.3, 0.4) is 0 Å². The van der Waals surface area contributed by atoms with Crippen LogP contribution in [0.25, 0.3) is 0 Å². The van der Waals surface area contributed by atoms with E-state index in [1.54, 1.807) is 18.7 Å². The Bertz CT molecular complexity index is 767. The Kier molecular flexibility index (Phi) is 5.64. The van der Waals surface area contributed by atoms with E-state index in [0.29, 0.717) is 45.7 Å². The molecule has 3 rings (SSSR count). The molecule has 1 unspecified atom stereocenters. The van der Waals surface area contributed by atoms with E-state index < -0.39 is 21.9 Å². The number of hydrogen-bond donors (Lipinski definition) is 0. The normalized spacial score (nSPS) is 22.4. The zero-order chi connectivity index (χ0) is 18.9. The Labute approximate surface area is 154 Å². The van der Waals surface area contributed by atoms with Crippen molar-refractivity contribution in [1.82, 2.24) is 9.21 Å². The lowest BCUT2D eigenvalue weighted by atomic mass is 10.0. The van der Waals surface area contributed by atoms with Crippen molar-refractivity contribution in [3.05, 3.63) is 29.1 Å². The molecule has 1 aromatic carbocycles. The van der Waals surface area contributed by atoms with E-state index in [9.17, 15) is 17.6 Å². The van der Waals surface area contributed by atoms with Gasteiger partial charge in [-0.1, -0.05) is 6.42 Å². The van der Waals surface area contributed by atoms with Gasteiger partial charge in [-0.05, 0) is 49.9 Å². The topological polar surface area (TPSA) is 66.9 Å². The SMILES string of the molecule is Cc1cc(S(=O)(=O)N2CCCCC2C(=O)N2CCOCC2)cc(C)c1F. The third-order valence-corrected chi connectivity index (χ3v) is 6.96. The minimum Gasteiger partial charge on any atom is -0.378 e. The average Bonchev–Trinajstić information content (AvgIpc) is 2.65. The van der Waals surface area contributed by atoms with Crippen molar-refractivity contribution < 1.29 is 22.3 Å². The molecule has 2 aliphatic rings. The summed E-state index contributed by atoms with van der Waals surface area (Å²) < 4.78 is 46.9. The molecule has 6 nitrogen and oxygen atoms in total. The maximum Gasteiger partial charge on any atom is 0.243 e. The Morgan fingerprint density at radius 3 is 2.35 bits per heavy atom. The smallest absolute Gasteiger partial charge is 0.243 e. The lowest BCUT2D eigenvalue weighted by molar-refractivity contribution is -0.140. The predicted octanol–water partition coefficient (Wildman–Crippen LogP) is 1.84. The largest absolute Gasteiger partial charge is 0.378 e. The summed E-state index contributed by atoms with van der Waals surface area (Å²) in [6.45, 7) is 5.32. The first-order chi connectivity index (χ1) is 12.3. The van der Waals surface area contributed by atoms with Gasteiger partial charge in [-0.25, -0.2) is 12.8 Å². The summed E-state index contributed by atoms with van der Waals surface area (Å²) in [5.74, 6) is -0.560. The second-order valence-electron chi connectivity index (χ2n) is 6.94. The standard InChI is InChI=1S/C18H25FN2O4S/c1-13-11-15(12-14(2)17(13)19)26(23,24)21-6-4-3-5-16(21)18(22)20-7-9-25-10-8-20/h11-12,16H,3-10H2,1-2H3. The third kappa shape index (κ3) is 3.63. The number of morpholine rings is 1. The van der Waals surface area contributed by atoms with Crippen LogP contribution in [0.5, 0.6) is 0 Å². The number of carbonyl (C=O) groups excluding carboxylic acids is 1. The van der Waals surface area contributed by atoms with Crippen molar-refractivity contribution in [2.24, 2.45) is 0 Å². The molecule has 0 radical (unpaired) electrons. The molecular weight excluding hydrogens is 359 g/mol. The Morgan fingerprint density at radius 2 is 1.73 bits per heavy atom. The van der Waals surface area contributed by atoms with Gasteiger partial charge in [-0.2, -0.15) is 4.31 Å². The second kappa shape index (κ2) is 7.62. The minimum atomic E-state index is -3.87. The van der Waals surface area contributed by atoms with Crippen molar-refractivity contribution in [2.45, 2.75) is 44.0 Å². The molecule has 0 N–H and O–H groups in total. The first kappa shape index (κ1) is 19.3. The molecule has 0 aliphatic carbocycles. The average molecular weight is 384 g/mol. The van der Waals surface area contributed by atoms with Gasteiger partial charge in [-0.15, -0.1) is 0 Å². The highest BCUT2D eigenvalue weighted by molar-refractivity contribution is 7.89. The van der Waals surface area contributed by atoms with Crippen molar-refractivity contribution in [3.8, 4) is 0 Å². The highest BCUT2D eigenvalue weighted by atomic mass is 32.2. The lowest BCUT2D eigenvalue weighted by Gasteiger charge is -2.38. The number of hydrogen-bond acceptors (Lipinski definition) is 4. The van der Waals surface area contributed by atoms with Crippen molar-refractivity contribution >= 4 is 15.9 Å². The van der Waals surface area contributed by atoms with E-state index in [1.807, 2.05) is 0 Å². The van der Waals surface area contributed by atoms with Crippen LogP contribution < -0.4 is 0 Å². The van der Waals surface area contributed by atoms with Gasteiger partial charge < -0.3 is 9.64 Å². The summed E-state index contributed by atoms with van der Waals surface area (Å²) in [5.41, 5.74) is 0.577. The number of amides is 1. The van der Waals surface area contributed by atoms with E-state index in [4.69, 9.17) is 4.74 Å². The Hall–Kier alpha value is -1.51. The number of rotatable bonds is 3. The predicted molar refractivity (Wildman–Crippen MR) is 94.8 cm³/mol. The highest BCUT2D eigenvalue weighted by Crippen LogP contribution is 2.28. The molecule has 1 amide bonds. The van der Waals surface area contributed by atoms with Crippen LogP contribution >= 0.6 is 0 Å². The second-order valence-corrected chi connectivity index (χ2v) is 8.83. The first-order valence-corrected chi connectivity index (χ1v) is 10.4. The van der Waals surface area contributed by atoms with Crippen LogP contribution in [0, 0.1) is 19.7 Å². The van der Waals surface area contributed by atoms with Gasteiger partial charge in [0.25, 0.3) is 0 Å². The summed E-state index contributed by atoms with van der Waals surface area (Å²) in [6, 6.07) is 2.00. The third-order valence-electron chi connectivity index (χ3n) is 5.08. The van der Waals surface area contributed by atoms with Gasteiger partial charge in [-0.3, -0.25) is 4.79 Å². The number of aryl methyl sites for hydroxylation is 2. The molecule has 2 aliphatic heterocycles. The van der Waals surface area contributed by atoms with Gasteiger partial charge in [0, 0.05) is 19.6 Å². The first-order valence-electron chi connectivity index (χ1n) is 8.97. The summed E-state index contributed by atoms with van der Waals surface area (Å²) in [5, 5.41) is 0. The van der Waals surface area contributed by atoms with Crippen LogP contribution in [0.2, 0.25) is 0 Å². The summed E-state index contributed by atoms with van der Waals surface area (Å²) in [7, 11) is -3.87. The molecule has 1 atom stereocenters. The molecule has 1 aromatic rings. The van der Waals surface area contributed by atoms with Gasteiger partial charge in [0.2, 0.25) is 15.9 Å². The quantitative estimate of drug-likeness (QED) is 0.798. The maximum absolute atomic E-state index is 13.9. The van der Waals surface area contributed by atoms with Crippen LogP contribution in [-0.2, 0) is 19.6 Å². The molecule has 144 valence electrons. The van der Waals surface area contributed by atoms with E-state index in [1.165, 1.54) is 16.4 Å². The van der Waals surface area contributed by atoms with E-state index >= 15 is 0 Å². The fourth-order valence-corrected chi connectivity index (χ4v) is 5.45. The number of halogens is 1. The maximum atomic E-state index is 13.9. The monoisotopic (exact) mass is 384 g/mol. The number of benzene rings is 1. The van der Waals surface area contributed by atoms with Crippen LogP contribution in [0.1, 0.15) is 30.4 Å².